The molecule has 0 unspecified atom stereocenters. The van der Waals surface area contributed by atoms with E-state index in [1.165, 1.54) is 0 Å². The van der Waals surface area contributed by atoms with Crippen molar-refractivity contribution >= 4 is 39.1 Å². The molecule has 23 heavy (non-hydrogen) atoms. The normalized spacial score (nSPS) is 10.3. The molecule has 0 atom stereocenters. The molecule has 2 rings (SSSR count). The highest BCUT2D eigenvalue weighted by Gasteiger charge is 2.11. The van der Waals surface area contributed by atoms with Gasteiger partial charge in [-0.05, 0) is 58.7 Å². The van der Waals surface area contributed by atoms with Gasteiger partial charge in [-0.1, -0.05) is 18.5 Å². The Balaban J connectivity index is 2.11. The van der Waals surface area contributed by atoms with Crippen LogP contribution < -0.4 is 14.8 Å². The molecule has 0 radical (unpaired) electrons. The topological polar surface area (TPSA) is 47.6 Å². The van der Waals surface area contributed by atoms with Gasteiger partial charge < -0.3 is 14.8 Å². The molecule has 0 fully saturated rings. The van der Waals surface area contributed by atoms with Gasteiger partial charge in [0.1, 0.15) is 11.5 Å². The van der Waals surface area contributed by atoms with Gasteiger partial charge in [-0.2, -0.15) is 0 Å². The number of anilines is 1. The number of amides is 1. The lowest BCUT2D eigenvalue weighted by Crippen LogP contribution is -2.12. The Hall–Kier alpha value is -1.72. The SMILES string of the molecule is CCCOc1ccc(C(=O)Nc2ccc(OC)c(Cl)c2)cc1Br. The number of halogens is 2. The molecule has 4 nitrogen and oxygen atoms in total. The monoisotopic (exact) mass is 397 g/mol. The molecule has 0 aromatic heterocycles. The van der Waals surface area contributed by atoms with Gasteiger partial charge in [0.2, 0.25) is 0 Å². The zero-order valence-corrected chi connectivity index (χ0v) is 15.2. The quantitative estimate of drug-likeness (QED) is 0.732. The summed E-state index contributed by atoms with van der Waals surface area (Å²) >= 11 is 9.47. The second-order valence-corrected chi connectivity index (χ2v) is 6.06. The van der Waals surface area contributed by atoms with Gasteiger partial charge in [-0.3, -0.25) is 4.79 Å². The molecule has 6 heteroatoms. The molecule has 0 bridgehead atoms. The number of carbonyl (C=O) groups is 1. The largest absolute Gasteiger partial charge is 0.495 e. The fraction of sp³-hybridized carbons (Fsp3) is 0.235. The summed E-state index contributed by atoms with van der Waals surface area (Å²) in [6, 6.07) is 10.3. The first-order valence-corrected chi connectivity index (χ1v) is 8.29. The zero-order chi connectivity index (χ0) is 16.8. The van der Waals surface area contributed by atoms with Crippen molar-refractivity contribution in [2.75, 3.05) is 19.0 Å². The van der Waals surface area contributed by atoms with Crippen LogP contribution in [0.2, 0.25) is 5.02 Å². The van der Waals surface area contributed by atoms with E-state index in [-0.39, 0.29) is 5.91 Å². The lowest BCUT2D eigenvalue weighted by molar-refractivity contribution is 0.102. The summed E-state index contributed by atoms with van der Waals surface area (Å²) in [5, 5.41) is 3.24. The molecule has 122 valence electrons. The van der Waals surface area contributed by atoms with Gasteiger partial charge in [0.15, 0.2) is 0 Å². The molecule has 2 aromatic carbocycles. The molecule has 0 aliphatic carbocycles. The first-order valence-electron chi connectivity index (χ1n) is 7.12. The summed E-state index contributed by atoms with van der Waals surface area (Å²) in [7, 11) is 1.54. The molecule has 2 aromatic rings. The molecule has 0 saturated carbocycles. The lowest BCUT2D eigenvalue weighted by atomic mass is 10.2. The second-order valence-electron chi connectivity index (χ2n) is 4.80. The van der Waals surface area contributed by atoms with Crippen molar-refractivity contribution in [1.82, 2.24) is 0 Å². The standard InChI is InChI=1S/C17H17BrClNO3/c1-3-8-23-15-6-4-11(9-13(15)18)17(21)20-12-5-7-16(22-2)14(19)10-12/h4-7,9-10H,3,8H2,1-2H3,(H,20,21). The number of methoxy groups -OCH3 is 1. The van der Waals surface area contributed by atoms with Gasteiger partial charge >= 0.3 is 0 Å². The summed E-state index contributed by atoms with van der Waals surface area (Å²) in [5.74, 6) is 1.05. The number of rotatable bonds is 6. The number of ether oxygens (including phenoxy) is 2. The Bertz CT molecular complexity index is 706. The Morgan fingerprint density at radius 1 is 1.22 bits per heavy atom. The van der Waals surface area contributed by atoms with E-state index >= 15 is 0 Å². The van der Waals surface area contributed by atoms with Crippen molar-refractivity contribution < 1.29 is 14.3 Å². The van der Waals surface area contributed by atoms with E-state index in [0.29, 0.717) is 28.6 Å². The molecule has 0 saturated heterocycles. The Morgan fingerprint density at radius 3 is 2.57 bits per heavy atom. The van der Waals surface area contributed by atoms with Crippen molar-refractivity contribution in [3.05, 3.63) is 51.5 Å². The van der Waals surface area contributed by atoms with E-state index in [1.54, 1.807) is 43.5 Å². The van der Waals surface area contributed by atoms with Gasteiger partial charge in [-0.15, -0.1) is 0 Å². The van der Waals surface area contributed by atoms with Crippen LogP contribution in [0.3, 0.4) is 0 Å². The van der Waals surface area contributed by atoms with Crippen molar-refractivity contribution in [3.63, 3.8) is 0 Å². The highest BCUT2D eigenvalue weighted by molar-refractivity contribution is 9.10. The zero-order valence-electron chi connectivity index (χ0n) is 12.9. The van der Waals surface area contributed by atoms with E-state index in [2.05, 4.69) is 21.2 Å². The summed E-state index contributed by atoms with van der Waals surface area (Å²) in [6.45, 7) is 2.67. The van der Waals surface area contributed by atoms with Crippen molar-refractivity contribution in [2.45, 2.75) is 13.3 Å². The van der Waals surface area contributed by atoms with Crippen LogP contribution in [-0.2, 0) is 0 Å². The minimum absolute atomic E-state index is 0.228. The van der Waals surface area contributed by atoms with Crippen molar-refractivity contribution in [3.8, 4) is 11.5 Å². The van der Waals surface area contributed by atoms with Gasteiger partial charge in [0, 0.05) is 11.3 Å². The molecular weight excluding hydrogens is 382 g/mol. The van der Waals surface area contributed by atoms with Crippen LogP contribution in [0.1, 0.15) is 23.7 Å². The van der Waals surface area contributed by atoms with E-state index in [1.807, 2.05) is 6.92 Å². The smallest absolute Gasteiger partial charge is 0.255 e. The number of carbonyl (C=O) groups excluding carboxylic acids is 1. The van der Waals surface area contributed by atoms with Crippen LogP contribution in [0, 0.1) is 0 Å². The van der Waals surface area contributed by atoms with Crippen LogP contribution in [0.15, 0.2) is 40.9 Å². The fourth-order valence-electron chi connectivity index (χ4n) is 1.92. The molecule has 1 N–H and O–H groups in total. The molecular formula is C17H17BrClNO3. The summed E-state index contributed by atoms with van der Waals surface area (Å²) in [5.41, 5.74) is 1.12. The third-order valence-corrected chi connectivity index (χ3v) is 3.98. The highest BCUT2D eigenvalue weighted by atomic mass is 79.9. The fourth-order valence-corrected chi connectivity index (χ4v) is 2.67. The lowest BCUT2D eigenvalue weighted by Gasteiger charge is -2.10. The molecule has 0 spiro atoms. The average Bonchev–Trinajstić information content (AvgIpc) is 2.54. The molecule has 0 aliphatic rings. The first-order chi connectivity index (χ1) is 11.0. The summed E-state index contributed by atoms with van der Waals surface area (Å²) < 4.78 is 11.4. The van der Waals surface area contributed by atoms with Gasteiger partial charge in [-0.25, -0.2) is 0 Å². The maximum absolute atomic E-state index is 12.3. The van der Waals surface area contributed by atoms with Crippen LogP contribution in [0.5, 0.6) is 11.5 Å². The van der Waals surface area contributed by atoms with E-state index in [9.17, 15) is 4.79 Å². The number of hydrogen-bond acceptors (Lipinski definition) is 3. The van der Waals surface area contributed by atoms with Crippen LogP contribution in [0.4, 0.5) is 5.69 Å². The Morgan fingerprint density at radius 2 is 1.96 bits per heavy atom. The maximum atomic E-state index is 12.3. The molecule has 1 amide bonds. The minimum atomic E-state index is -0.228. The van der Waals surface area contributed by atoms with Crippen molar-refractivity contribution in [2.24, 2.45) is 0 Å². The van der Waals surface area contributed by atoms with E-state index in [0.717, 1.165) is 16.6 Å². The second kappa shape index (κ2) is 8.22. The Kier molecular flexibility index (Phi) is 6.30. The van der Waals surface area contributed by atoms with Crippen LogP contribution in [-0.4, -0.2) is 19.6 Å². The average molecular weight is 399 g/mol. The number of benzene rings is 2. The minimum Gasteiger partial charge on any atom is -0.495 e. The summed E-state index contributed by atoms with van der Waals surface area (Å²) in [4.78, 5) is 12.3. The third-order valence-electron chi connectivity index (χ3n) is 3.07. The number of nitrogens with one attached hydrogen (secondary N) is 1. The molecule has 0 aliphatic heterocycles. The third kappa shape index (κ3) is 4.62. The highest BCUT2D eigenvalue weighted by Crippen LogP contribution is 2.29. The Labute approximate surface area is 148 Å². The van der Waals surface area contributed by atoms with E-state index in [4.69, 9.17) is 21.1 Å². The maximum Gasteiger partial charge on any atom is 0.255 e. The van der Waals surface area contributed by atoms with E-state index < -0.39 is 0 Å². The van der Waals surface area contributed by atoms with Gasteiger partial charge in [0.25, 0.3) is 5.91 Å². The van der Waals surface area contributed by atoms with Crippen LogP contribution >= 0.6 is 27.5 Å². The predicted molar refractivity (Wildman–Crippen MR) is 95.9 cm³/mol. The summed E-state index contributed by atoms with van der Waals surface area (Å²) in [6.07, 6.45) is 0.924. The first kappa shape index (κ1) is 17.6. The molecule has 0 heterocycles. The van der Waals surface area contributed by atoms with Crippen molar-refractivity contribution in [1.29, 1.82) is 0 Å². The predicted octanol–water partition coefficient (Wildman–Crippen LogP) is 5.15. The van der Waals surface area contributed by atoms with Gasteiger partial charge in [0.05, 0.1) is 23.2 Å². The van der Waals surface area contributed by atoms with Crippen LogP contribution in [0.25, 0.3) is 0 Å². The number of hydrogen-bond donors (Lipinski definition) is 1.